The third kappa shape index (κ3) is 2.21. The molecule has 0 aromatic heterocycles. The number of hydrogen-bond acceptors (Lipinski definition) is 1. The summed E-state index contributed by atoms with van der Waals surface area (Å²) in [5, 5.41) is 4.93. The lowest BCUT2D eigenvalue weighted by Gasteiger charge is -2.36. The van der Waals surface area contributed by atoms with Crippen molar-refractivity contribution >= 4 is 23.2 Å². The minimum atomic E-state index is 0.101. The summed E-state index contributed by atoms with van der Waals surface area (Å²) in [5.74, 6) is 0.618. The Morgan fingerprint density at radius 1 is 1.35 bits per heavy atom. The molecule has 0 amide bonds. The van der Waals surface area contributed by atoms with Crippen molar-refractivity contribution in [2.24, 2.45) is 5.92 Å². The van der Waals surface area contributed by atoms with Crippen molar-refractivity contribution in [1.29, 1.82) is 0 Å². The van der Waals surface area contributed by atoms with E-state index in [-0.39, 0.29) is 5.41 Å². The molecule has 1 nitrogen and oxygen atoms in total. The number of hydrogen-bond donors (Lipinski definition) is 1. The van der Waals surface area contributed by atoms with E-state index in [4.69, 9.17) is 23.2 Å². The van der Waals surface area contributed by atoms with Gasteiger partial charge in [-0.25, -0.2) is 0 Å². The third-order valence-electron chi connectivity index (χ3n) is 4.16. The maximum atomic E-state index is 6.39. The smallest absolute Gasteiger partial charge is 0.0459 e. The van der Waals surface area contributed by atoms with Crippen molar-refractivity contribution < 1.29 is 0 Å². The van der Waals surface area contributed by atoms with E-state index in [0.717, 1.165) is 22.2 Å². The molecule has 1 N–H and O–H groups in total. The van der Waals surface area contributed by atoms with Crippen LogP contribution in [0.1, 0.15) is 31.7 Å². The summed E-state index contributed by atoms with van der Waals surface area (Å²) >= 11 is 12.8. The highest BCUT2D eigenvalue weighted by atomic mass is 35.5. The molecule has 0 spiro atoms. The van der Waals surface area contributed by atoms with Gasteiger partial charge in [0, 0.05) is 22.0 Å². The maximum Gasteiger partial charge on any atom is 0.0459 e. The summed E-state index contributed by atoms with van der Waals surface area (Å²) in [5.41, 5.74) is 1.24. The van der Waals surface area contributed by atoms with Crippen molar-refractivity contribution in [3.8, 4) is 0 Å². The van der Waals surface area contributed by atoms with Gasteiger partial charge in [0.05, 0.1) is 0 Å². The van der Waals surface area contributed by atoms with Gasteiger partial charge in [0.2, 0.25) is 0 Å². The van der Waals surface area contributed by atoms with Gasteiger partial charge in [-0.2, -0.15) is 0 Å². The van der Waals surface area contributed by atoms with Crippen LogP contribution < -0.4 is 5.32 Å². The van der Waals surface area contributed by atoms with E-state index < -0.39 is 0 Å². The molecule has 0 aliphatic heterocycles. The van der Waals surface area contributed by atoms with Gasteiger partial charge in [0.1, 0.15) is 0 Å². The lowest BCUT2D eigenvalue weighted by atomic mass is 9.72. The van der Waals surface area contributed by atoms with Crippen molar-refractivity contribution in [2.75, 3.05) is 13.6 Å². The summed E-state index contributed by atoms with van der Waals surface area (Å²) in [6.45, 7) is 3.25. The number of rotatable bonds is 3. The molecule has 1 aromatic rings. The molecular weight excluding hydrogens is 253 g/mol. The van der Waals surface area contributed by atoms with Gasteiger partial charge in [-0.05, 0) is 43.5 Å². The van der Waals surface area contributed by atoms with Crippen LogP contribution in [0.4, 0.5) is 0 Å². The van der Waals surface area contributed by atoms with Crippen LogP contribution in [0.25, 0.3) is 0 Å². The average molecular weight is 272 g/mol. The second kappa shape index (κ2) is 5.17. The fourth-order valence-electron chi connectivity index (χ4n) is 3.26. The SMILES string of the molecule is CNCC1(c2c(Cl)cccc2Cl)CCCC1C. The number of halogens is 2. The first kappa shape index (κ1) is 13.2. The van der Waals surface area contributed by atoms with Crippen LogP contribution in [-0.2, 0) is 5.41 Å². The summed E-state index contributed by atoms with van der Waals surface area (Å²) in [6.07, 6.45) is 3.67. The predicted molar refractivity (Wildman–Crippen MR) is 75.1 cm³/mol. The van der Waals surface area contributed by atoms with Crippen molar-refractivity contribution in [2.45, 2.75) is 31.6 Å². The van der Waals surface area contributed by atoms with Crippen LogP contribution in [0.3, 0.4) is 0 Å². The maximum absolute atomic E-state index is 6.39. The van der Waals surface area contributed by atoms with Gasteiger partial charge in [-0.1, -0.05) is 42.6 Å². The van der Waals surface area contributed by atoms with Crippen LogP contribution in [0.2, 0.25) is 10.0 Å². The molecule has 0 radical (unpaired) electrons. The van der Waals surface area contributed by atoms with Crippen LogP contribution in [0.15, 0.2) is 18.2 Å². The quantitative estimate of drug-likeness (QED) is 0.866. The van der Waals surface area contributed by atoms with Crippen LogP contribution in [0, 0.1) is 5.92 Å². The van der Waals surface area contributed by atoms with Crippen LogP contribution in [-0.4, -0.2) is 13.6 Å². The molecule has 2 atom stereocenters. The first-order valence-electron chi connectivity index (χ1n) is 6.21. The molecule has 0 heterocycles. The molecule has 1 aliphatic rings. The zero-order valence-corrected chi connectivity index (χ0v) is 11.9. The minimum Gasteiger partial charge on any atom is -0.319 e. The topological polar surface area (TPSA) is 12.0 Å². The predicted octanol–water partition coefficient (Wildman–Crippen LogP) is 4.27. The largest absolute Gasteiger partial charge is 0.319 e. The van der Waals surface area contributed by atoms with Gasteiger partial charge >= 0.3 is 0 Å². The van der Waals surface area contributed by atoms with Crippen molar-refractivity contribution in [3.05, 3.63) is 33.8 Å². The molecule has 0 saturated heterocycles. The summed E-state index contributed by atoms with van der Waals surface area (Å²) in [7, 11) is 2.00. The van der Waals surface area contributed by atoms with Crippen LogP contribution >= 0.6 is 23.2 Å². The van der Waals surface area contributed by atoms with E-state index in [1.165, 1.54) is 19.3 Å². The Morgan fingerprint density at radius 3 is 2.47 bits per heavy atom. The molecule has 17 heavy (non-hydrogen) atoms. The van der Waals surface area contributed by atoms with E-state index in [1.807, 2.05) is 25.2 Å². The van der Waals surface area contributed by atoms with Gasteiger partial charge in [0.15, 0.2) is 0 Å². The highest BCUT2D eigenvalue weighted by Gasteiger charge is 2.43. The summed E-state index contributed by atoms with van der Waals surface area (Å²) < 4.78 is 0. The molecular formula is C14H19Cl2N. The van der Waals surface area contributed by atoms with E-state index >= 15 is 0 Å². The zero-order chi connectivity index (χ0) is 12.5. The lowest BCUT2D eigenvalue weighted by Crippen LogP contribution is -2.39. The molecule has 1 saturated carbocycles. The van der Waals surface area contributed by atoms with E-state index in [9.17, 15) is 0 Å². The first-order valence-corrected chi connectivity index (χ1v) is 6.96. The Kier molecular flexibility index (Phi) is 4.02. The molecule has 2 unspecified atom stereocenters. The normalized spacial score (nSPS) is 28.6. The molecule has 1 aromatic carbocycles. The van der Waals surface area contributed by atoms with Gasteiger partial charge < -0.3 is 5.32 Å². The number of likely N-dealkylation sites (N-methyl/N-ethyl adjacent to an activating group) is 1. The van der Waals surface area contributed by atoms with Crippen molar-refractivity contribution in [1.82, 2.24) is 5.32 Å². The molecule has 3 heteroatoms. The Labute approximate surface area is 114 Å². The molecule has 1 aliphatic carbocycles. The average Bonchev–Trinajstić information content (AvgIpc) is 2.61. The van der Waals surface area contributed by atoms with E-state index in [1.54, 1.807) is 0 Å². The fourth-order valence-corrected chi connectivity index (χ4v) is 4.03. The number of benzene rings is 1. The third-order valence-corrected chi connectivity index (χ3v) is 4.79. The highest BCUT2D eigenvalue weighted by Crippen LogP contribution is 2.49. The number of nitrogens with one attached hydrogen (secondary N) is 1. The molecule has 94 valence electrons. The second-order valence-corrected chi connectivity index (χ2v) is 5.89. The standard InChI is InChI=1S/C14H19Cl2N/c1-10-5-4-8-14(10,9-17-2)13-11(15)6-3-7-12(13)16/h3,6-7,10,17H,4-5,8-9H2,1-2H3. The molecule has 0 bridgehead atoms. The van der Waals surface area contributed by atoms with Gasteiger partial charge in [-0.3, -0.25) is 0 Å². The van der Waals surface area contributed by atoms with Crippen LogP contribution in [0.5, 0.6) is 0 Å². The Hall–Kier alpha value is -0.240. The lowest BCUT2D eigenvalue weighted by molar-refractivity contribution is 0.326. The van der Waals surface area contributed by atoms with E-state index in [2.05, 4.69) is 12.2 Å². The molecule has 2 rings (SSSR count). The molecule has 1 fully saturated rings. The first-order chi connectivity index (χ1) is 8.12. The summed E-state index contributed by atoms with van der Waals surface area (Å²) in [4.78, 5) is 0. The van der Waals surface area contributed by atoms with Gasteiger partial charge in [-0.15, -0.1) is 0 Å². The Balaban J connectivity index is 2.53. The Morgan fingerprint density at radius 2 is 2.00 bits per heavy atom. The fraction of sp³-hybridized carbons (Fsp3) is 0.571. The monoisotopic (exact) mass is 271 g/mol. The zero-order valence-electron chi connectivity index (χ0n) is 10.4. The summed E-state index contributed by atoms with van der Waals surface area (Å²) in [6, 6.07) is 5.82. The van der Waals surface area contributed by atoms with Gasteiger partial charge in [0.25, 0.3) is 0 Å². The highest BCUT2D eigenvalue weighted by molar-refractivity contribution is 6.36. The minimum absolute atomic E-state index is 0.101. The Bertz CT molecular complexity index is 385. The second-order valence-electron chi connectivity index (χ2n) is 5.08. The van der Waals surface area contributed by atoms with Crippen molar-refractivity contribution in [3.63, 3.8) is 0 Å². The van der Waals surface area contributed by atoms with E-state index in [0.29, 0.717) is 5.92 Å².